The van der Waals surface area contributed by atoms with Crippen molar-refractivity contribution in [3.63, 3.8) is 0 Å². The van der Waals surface area contributed by atoms with Gasteiger partial charge in [-0.05, 0) is 47.8 Å². The lowest BCUT2D eigenvalue weighted by molar-refractivity contribution is -0.119. The monoisotopic (exact) mass is 437 g/mol. The van der Waals surface area contributed by atoms with Crippen molar-refractivity contribution in [2.45, 2.75) is 72.6 Å². The number of rotatable bonds is 5. The highest BCUT2D eigenvalue weighted by atomic mass is 16.5. The fourth-order valence-electron chi connectivity index (χ4n) is 5.42. The summed E-state index contributed by atoms with van der Waals surface area (Å²) in [6.07, 6.45) is 3.47. The summed E-state index contributed by atoms with van der Waals surface area (Å²) in [6, 6.07) is 5.83. The highest BCUT2D eigenvalue weighted by Crippen LogP contribution is 2.51. The molecule has 172 valence electrons. The Hall–Kier alpha value is -2.56. The summed E-state index contributed by atoms with van der Waals surface area (Å²) >= 11 is 0. The molecule has 5 nitrogen and oxygen atoms in total. The van der Waals surface area contributed by atoms with Crippen molar-refractivity contribution >= 4 is 11.6 Å². The minimum atomic E-state index is -0.359. The molecule has 32 heavy (non-hydrogen) atoms. The molecule has 2 aliphatic carbocycles. The third-order valence-electron chi connectivity index (χ3n) is 6.70. The summed E-state index contributed by atoms with van der Waals surface area (Å²) in [7, 11) is 1.62. The number of Topliss-reactive ketones (excluding diaryl/α,β-unsaturated/α-hetero) is 2. The number of hydrogen-bond donors (Lipinski definition) is 1. The summed E-state index contributed by atoms with van der Waals surface area (Å²) in [5, 5.41) is 3.56. The molecule has 1 aliphatic heterocycles. The van der Waals surface area contributed by atoms with E-state index in [4.69, 9.17) is 9.47 Å². The predicted molar refractivity (Wildman–Crippen MR) is 125 cm³/mol. The van der Waals surface area contributed by atoms with Gasteiger partial charge >= 0.3 is 0 Å². The van der Waals surface area contributed by atoms with E-state index in [1.54, 1.807) is 7.11 Å². The minimum Gasteiger partial charge on any atom is -0.493 e. The van der Waals surface area contributed by atoms with Gasteiger partial charge in [0.1, 0.15) is 0 Å². The van der Waals surface area contributed by atoms with Gasteiger partial charge in [0.25, 0.3) is 0 Å². The topological polar surface area (TPSA) is 64.6 Å². The molecule has 0 fully saturated rings. The molecule has 1 heterocycles. The molecule has 4 rings (SSSR count). The Morgan fingerprint density at radius 1 is 0.906 bits per heavy atom. The number of hydrogen-bond acceptors (Lipinski definition) is 5. The quantitative estimate of drug-likeness (QED) is 0.663. The minimum absolute atomic E-state index is 0.102. The number of carbonyl (C=O) groups is 2. The van der Waals surface area contributed by atoms with Crippen LogP contribution in [0.4, 0.5) is 0 Å². The first-order valence-corrected chi connectivity index (χ1v) is 11.7. The van der Waals surface area contributed by atoms with Crippen molar-refractivity contribution in [1.82, 2.24) is 5.32 Å². The summed E-state index contributed by atoms with van der Waals surface area (Å²) in [4.78, 5) is 26.8. The summed E-state index contributed by atoms with van der Waals surface area (Å²) < 4.78 is 11.5. The Kier molecular flexibility index (Phi) is 5.72. The molecule has 0 spiro atoms. The molecule has 0 saturated heterocycles. The standard InChI is InChI=1S/C27H35NO4/c1-7-10-32-21-9-8-16(11-22(21)31-6)23-24-17(12-26(2,3)14-19(24)29)28-18-13-27(4,5)15-20(30)25(18)23/h8-9,11,23,28H,7,10,12-15H2,1-6H3. The van der Waals surface area contributed by atoms with Crippen LogP contribution in [0.25, 0.3) is 0 Å². The Balaban J connectivity index is 1.87. The second kappa shape index (κ2) is 8.09. The van der Waals surface area contributed by atoms with Gasteiger partial charge in [-0.3, -0.25) is 9.59 Å². The molecule has 1 aromatic rings. The van der Waals surface area contributed by atoms with Crippen LogP contribution in [0.5, 0.6) is 11.5 Å². The molecule has 0 unspecified atom stereocenters. The number of ether oxygens (including phenoxy) is 2. The first-order valence-electron chi connectivity index (χ1n) is 11.7. The van der Waals surface area contributed by atoms with E-state index < -0.39 is 0 Å². The van der Waals surface area contributed by atoms with Gasteiger partial charge in [0.05, 0.1) is 13.7 Å². The number of nitrogens with one attached hydrogen (secondary N) is 1. The lowest BCUT2D eigenvalue weighted by atomic mass is 9.64. The van der Waals surface area contributed by atoms with Crippen LogP contribution in [-0.2, 0) is 9.59 Å². The predicted octanol–water partition coefficient (Wildman–Crippen LogP) is 5.46. The van der Waals surface area contributed by atoms with Crippen LogP contribution in [0.1, 0.15) is 78.2 Å². The largest absolute Gasteiger partial charge is 0.493 e. The highest BCUT2D eigenvalue weighted by Gasteiger charge is 2.46. The Morgan fingerprint density at radius 3 is 1.97 bits per heavy atom. The van der Waals surface area contributed by atoms with Crippen LogP contribution < -0.4 is 14.8 Å². The maximum atomic E-state index is 13.4. The van der Waals surface area contributed by atoms with Crippen LogP contribution >= 0.6 is 0 Å². The number of methoxy groups -OCH3 is 1. The fourth-order valence-corrected chi connectivity index (χ4v) is 5.42. The SMILES string of the molecule is CCCOc1ccc(C2C3=C(CC(C)(C)CC3=O)NC3=C2C(=O)CC(C)(C)C3)cc1OC. The van der Waals surface area contributed by atoms with Crippen molar-refractivity contribution < 1.29 is 19.1 Å². The van der Waals surface area contributed by atoms with Crippen molar-refractivity contribution in [2.24, 2.45) is 10.8 Å². The Labute approximate surface area is 191 Å². The van der Waals surface area contributed by atoms with E-state index in [0.717, 1.165) is 47.4 Å². The maximum Gasteiger partial charge on any atom is 0.162 e. The van der Waals surface area contributed by atoms with Crippen LogP contribution in [0.15, 0.2) is 40.7 Å². The van der Waals surface area contributed by atoms with Crippen molar-refractivity contribution in [3.8, 4) is 11.5 Å². The Bertz CT molecular complexity index is 976. The van der Waals surface area contributed by atoms with E-state index in [1.165, 1.54) is 0 Å². The smallest absolute Gasteiger partial charge is 0.162 e. The van der Waals surface area contributed by atoms with Crippen LogP contribution in [-0.4, -0.2) is 25.3 Å². The first kappa shape index (κ1) is 22.6. The van der Waals surface area contributed by atoms with Crippen LogP contribution in [0.3, 0.4) is 0 Å². The number of allylic oxidation sites excluding steroid dienone is 4. The van der Waals surface area contributed by atoms with E-state index >= 15 is 0 Å². The molecule has 0 radical (unpaired) electrons. The van der Waals surface area contributed by atoms with Gasteiger partial charge in [0.2, 0.25) is 0 Å². The highest BCUT2D eigenvalue weighted by molar-refractivity contribution is 6.06. The zero-order chi connectivity index (χ0) is 23.3. The van der Waals surface area contributed by atoms with Gasteiger partial charge < -0.3 is 14.8 Å². The van der Waals surface area contributed by atoms with E-state index in [0.29, 0.717) is 30.9 Å². The second-order valence-electron chi connectivity index (χ2n) is 11.0. The summed E-state index contributed by atoms with van der Waals surface area (Å²) in [5.74, 6) is 1.21. The molecule has 0 atom stereocenters. The van der Waals surface area contributed by atoms with Gasteiger partial charge in [-0.2, -0.15) is 0 Å². The van der Waals surface area contributed by atoms with Crippen LogP contribution in [0.2, 0.25) is 0 Å². The van der Waals surface area contributed by atoms with Gasteiger partial charge in [-0.15, -0.1) is 0 Å². The zero-order valence-corrected chi connectivity index (χ0v) is 20.2. The van der Waals surface area contributed by atoms with Gasteiger partial charge in [0.15, 0.2) is 23.1 Å². The number of dihydropyridines is 1. The summed E-state index contributed by atoms with van der Waals surface area (Å²) in [5.41, 5.74) is 4.16. The van der Waals surface area contributed by atoms with Crippen LogP contribution in [0, 0.1) is 10.8 Å². The maximum absolute atomic E-state index is 13.4. The second-order valence-corrected chi connectivity index (χ2v) is 11.0. The van der Waals surface area contributed by atoms with Gasteiger partial charge in [0, 0.05) is 41.3 Å². The molecule has 1 N–H and O–H groups in total. The Morgan fingerprint density at radius 2 is 1.47 bits per heavy atom. The normalized spacial score (nSPS) is 22.3. The molecule has 5 heteroatoms. The van der Waals surface area contributed by atoms with Crippen molar-refractivity contribution in [1.29, 1.82) is 0 Å². The molecule has 0 amide bonds. The van der Waals surface area contributed by atoms with Crippen molar-refractivity contribution in [3.05, 3.63) is 46.3 Å². The van der Waals surface area contributed by atoms with E-state index in [9.17, 15) is 9.59 Å². The molecular formula is C27H35NO4. The number of carbonyl (C=O) groups excluding carboxylic acids is 2. The average Bonchev–Trinajstić information content (AvgIpc) is 2.68. The first-order chi connectivity index (χ1) is 15.0. The molecule has 3 aliphatic rings. The van der Waals surface area contributed by atoms with E-state index in [2.05, 4.69) is 39.9 Å². The lowest BCUT2D eigenvalue weighted by Crippen LogP contribution is -2.42. The zero-order valence-electron chi connectivity index (χ0n) is 20.2. The van der Waals surface area contributed by atoms with Crippen molar-refractivity contribution in [2.75, 3.05) is 13.7 Å². The van der Waals surface area contributed by atoms with Gasteiger partial charge in [-0.25, -0.2) is 0 Å². The van der Waals surface area contributed by atoms with E-state index in [-0.39, 0.29) is 28.3 Å². The average molecular weight is 438 g/mol. The van der Waals surface area contributed by atoms with Gasteiger partial charge in [-0.1, -0.05) is 40.7 Å². The number of ketones is 2. The fraction of sp³-hybridized carbons (Fsp3) is 0.556. The third kappa shape index (κ3) is 4.10. The number of benzene rings is 1. The molecule has 0 bridgehead atoms. The molecule has 0 saturated carbocycles. The molecule has 0 aromatic heterocycles. The lowest BCUT2D eigenvalue weighted by Gasteiger charge is -2.44. The summed E-state index contributed by atoms with van der Waals surface area (Å²) in [6.45, 7) is 11.2. The van der Waals surface area contributed by atoms with E-state index in [1.807, 2.05) is 18.2 Å². The molecule has 1 aromatic carbocycles. The molecular weight excluding hydrogens is 402 g/mol. The third-order valence-corrected chi connectivity index (χ3v) is 6.70.